The summed E-state index contributed by atoms with van der Waals surface area (Å²) in [4.78, 5) is 9.34. The first-order valence-corrected chi connectivity index (χ1v) is 7.38. The van der Waals surface area contributed by atoms with E-state index in [1.54, 1.807) is 0 Å². The van der Waals surface area contributed by atoms with E-state index >= 15 is 0 Å². The van der Waals surface area contributed by atoms with E-state index in [2.05, 4.69) is 35.3 Å². The molecule has 104 valence electrons. The maximum absolute atomic E-state index is 6.31. The van der Waals surface area contributed by atoms with Crippen molar-refractivity contribution in [3.05, 3.63) is 23.7 Å². The zero-order valence-electron chi connectivity index (χ0n) is 12.3. The SMILES string of the molecule is CCC(C(C)C)n1c(C(C)Cl)nc2ccc(C)nc21. The molecule has 0 aliphatic carbocycles. The predicted octanol–water partition coefficient (Wildman–Crippen LogP) is 4.65. The zero-order valence-corrected chi connectivity index (χ0v) is 13.1. The van der Waals surface area contributed by atoms with E-state index in [9.17, 15) is 0 Å². The molecule has 2 aromatic rings. The standard InChI is InChI=1S/C15H22ClN3/c1-6-13(9(2)3)19-14(11(5)16)18-12-8-7-10(4)17-15(12)19/h7-9,11,13H,6H2,1-5H3. The van der Waals surface area contributed by atoms with Gasteiger partial charge in [-0.2, -0.15) is 0 Å². The number of imidazole rings is 1. The Bertz CT molecular complexity index is 572. The van der Waals surface area contributed by atoms with E-state index in [4.69, 9.17) is 11.6 Å². The Morgan fingerprint density at radius 1 is 1.21 bits per heavy atom. The van der Waals surface area contributed by atoms with Gasteiger partial charge in [0.1, 0.15) is 11.3 Å². The Labute approximate surface area is 120 Å². The number of nitrogens with zero attached hydrogens (tertiary/aromatic N) is 3. The number of pyridine rings is 1. The molecule has 0 saturated carbocycles. The molecule has 4 heteroatoms. The molecule has 0 radical (unpaired) electrons. The van der Waals surface area contributed by atoms with Crippen molar-refractivity contribution >= 4 is 22.8 Å². The van der Waals surface area contributed by atoms with Crippen LogP contribution in [0.25, 0.3) is 11.2 Å². The molecule has 0 amide bonds. The van der Waals surface area contributed by atoms with Crippen molar-refractivity contribution in [2.24, 2.45) is 5.92 Å². The highest BCUT2D eigenvalue weighted by atomic mass is 35.5. The lowest BCUT2D eigenvalue weighted by Crippen LogP contribution is -2.18. The second-order valence-corrected chi connectivity index (χ2v) is 6.13. The minimum Gasteiger partial charge on any atom is -0.308 e. The minimum atomic E-state index is -0.109. The number of aromatic nitrogens is 3. The topological polar surface area (TPSA) is 30.7 Å². The van der Waals surface area contributed by atoms with E-state index < -0.39 is 0 Å². The van der Waals surface area contributed by atoms with E-state index in [1.165, 1.54) is 0 Å². The van der Waals surface area contributed by atoms with E-state index in [1.807, 2.05) is 26.0 Å². The number of aryl methyl sites for hydroxylation is 1. The van der Waals surface area contributed by atoms with Crippen LogP contribution < -0.4 is 0 Å². The molecule has 0 saturated heterocycles. The highest BCUT2D eigenvalue weighted by Crippen LogP contribution is 2.32. The molecule has 0 spiro atoms. The fourth-order valence-electron chi connectivity index (χ4n) is 2.65. The lowest BCUT2D eigenvalue weighted by molar-refractivity contribution is 0.362. The predicted molar refractivity (Wildman–Crippen MR) is 80.7 cm³/mol. The molecule has 0 aromatic carbocycles. The van der Waals surface area contributed by atoms with Crippen molar-refractivity contribution in [2.75, 3.05) is 0 Å². The van der Waals surface area contributed by atoms with Crippen LogP contribution in [0.15, 0.2) is 12.1 Å². The second-order valence-electron chi connectivity index (χ2n) is 5.47. The highest BCUT2D eigenvalue weighted by molar-refractivity contribution is 6.20. The molecule has 19 heavy (non-hydrogen) atoms. The van der Waals surface area contributed by atoms with Gasteiger partial charge in [-0.1, -0.05) is 20.8 Å². The van der Waals surface area contributed by atoms with Crippen molar-refractivity contribution in [3.63, 3.8) is 0 Å². The number of fused-ring (bicyclic) bond motifs is 1. The number of hydrogen-bond acceptors (Lipinski definition) is 2. The fraction of sp³-hybridized carbons (Fsp3) is 0.600. The van der Waals surface area contributed by atoms with Crippen LogP contribution in [0.2, 0.25) is 0 Å². The third-order valence-corrected chi connectivity index (χ3v) is 3.77. The van der Waals surface area contributed by atoms with Crippen LogP contribution in [-0.2, 0) is 0 Å². The smallest absolute Gasteiger partial charge is 0.160 e. The lowest BCUT2D eigenvalue weighted by atomic mass is 10.0. The van der Waals surface area contributed by atoms with Gasteiger partial charge in [-0.05, 0) is 38.3 Å². The summed E-state index contributed by atoms with van der Waals surface area (Å²) >= 11 is 6.31. The summed E-state index contributed by atoms with van der Waals surface area (Å²) < 4.78 is 2.24. The Morgan fingerprint density at radius 2 is 1.89 bits per heavy atom. The maximum Gasteiger partial charge on any atom is 0.160 e. The molecule has 0 aliphatic rings. The van der Waals surface area contributed by atoms with Crippen LogP contribution in [0.3, 0.4) is 0 Å². The molecule has 2 atom stereocenters. The number of hydrogen-bond donors (Lipinski definition) is 0. The van der Waals surface area contributed by atoms with Gasteiger partial charge in [0.15, 0.2) is 5.65 Å². The van der Waals surface area contributed by atoms with Gasteiger partial charge < -0.3 is 4.57 Å². The fourth-order valence-corrected chi connectivity index (χ4v) is 2.80. The zero-order chi connectivity index (χ0) is 14.2. The molecule has 0 aliphatic heterocycles. The number of rotatable bonds is 4. The van der Waals surface area contributed by atoms with Crippen LogP contribution in [-0.4, -0.2) is 14.5 Å². The Hall–Kier alpha value is -1.09. The Kier molecular flexibility index (Phi) is 4.14. The molecule has 2 rings (SSSR count). The van der Waals surface area contributed by atoms with Crippen LogP contribution in [0, 0.1) is 12.8 Å². The molecule has 2 heterocycles. The average Bonchev–Trinajstić information content (AvgIpc) is 2.69. The summed E-state index contributed by atoms with van der Waals surface area (Å²) in [6.45, 7) is 10.7. The molecular formula is C15H22ClN3. The first kappa shape index (κ1) is 14.3. The molecule has 2 aromatic heterocycles. The van der Waals surface area contributed by atoms with Gasteiger partial charge in [-0.3, -0.25) is 0 Å². The summed E-state index contributed by atoms with van der Waals surface area (Å²) in [5.41, 5.74) is 2.91. The van der Waals surface area contributed by atoms with Gasteiger partial charge in [0.25, 0.3) is 0 Å². The van der Waals surface area contributed by atoms with Crippen molar-refractivity contribution in [1.82, 2.24) is 14.5 Å². The summed E-state index contributed by atoms with van der Waals surface area (Å²) in [5.74, 6) is 1.45. The molecule has 0 fully saturated rings. The van der Waals surface area contributed by atoms with Gasteiger partial charge in [-0.15, -0.1) is 11.6 Å². The van der Waals surface area contributed by atoms with Gasteiger partial charge >= 0.3 is 0 Å². The van der Waals surface area contributed by atoms with Crippen molar-refractivity contribution in [1.29, 1.82) is 0 Å². The molecule has 0 N–H and O–H groups in total. The van der Waals surface area contributed by atoms with Crippen molar-refractivity contribution in [2.45, 2.75) is 52.5 Å². The summed E-state index contributed by atoms with van der Waals surface area (Å²) in [5, 5.41) is -0.109. The summed E-state index contributed by atoms with van der Waals surface area (Å²) in [6.07, 6.45) is 1.05. The summed E-state index contributed by atoms with van der Waals surface area (Å²) in [6, 6.07) is 4.42. The largest absolute Gasteiger partial charge is 0.308 e. The molecule has 3 nitrogen and oxygen atoms in total. The molecular weight excluding hydrogens is 258 g/mol. The van der Waals surface area contributed by atoms with E-state index in [-0.39, 0.29) is 5.38 Å². The Balaban J connectivity index is 2.73. The van der Waals surface area contributed by atoms with Crippen molar-refractivity contribution < 1.29 is 0 Å². The maximum atomic E-state index is 6.31. The third kappa shape index (κ3) is 2.62. The average molecular weight is 280 g/mol. The van der Waals surface area contributed by atoms with E-state index in [0.29, 0.717) is 12.0 Å². The summed E-state index contributed by atoms with van der Waals surface area (Å²) in [7, 11) is 0. The van der Waals surface area contributed by atoms with Crippen LogP contribution in [0.4, 0.5) is 0 Å². The van der Waals surface area contributed by atoms with Gasteiger partial charge in [0, 0.05) is 11.7 Å². The van der Waals surface area contributed by atoms with Gasteiger partial charge in [0.05, 0.1) is 5.38 Å². The van der Waals surface area contributed by atoms with E-state index in [0.717, 1.165) is 29.1 Å². The first-order chi connectivity index (χ1) is 8.95. The number of alkyl halides is 1. The third-order valence-electron chi connectivity index (χ3n) is 3.58. The quantitative estimate of drug-likeness (QED) is 0.763. The van der Waals surface area contributed by atoms with Gasteiger partial charge in [-0.25, -0.2) is 9.97 Å². The first-order valence-electron chi connectivity index (χ1n) is 6.95. The lowest BCUT2D eigenvalue weighted by Gasteiger charge is -2.24. The normalized spacial score (nSPS) is 15.1. The highest BCUT2D eigenvalue weighted by Gasteiger charge is 2.23. The molecule has 0 bridgehead atoms. The minimum absolute atomic E-state index is 0.109. The van der Waals surface area contributed by atoms with Crippen molar-refractivity contribution in [3.8, 4) is 0 Å². The van der Waals surface area contributed by atoms with Crippen LogP contribution in [0.1, 0.15) is 57.1 Å². The number of halogens is 1. The monoisotopic (exact) mass is 279 g/mol. The van der Waals surface area contributed by atoms with Crippen LogP contribution >= 0.6 is 11.6 Å². The molecule has 2 unspecified atom stereocenters. The van der Waals surface area contributed by atoms with Gasteiger partial charge in [0.2, 0.25) is 0 Å². The van der Waals surface area contributed by atoms with Crippen LogP contribution in [0.5, 0.6) is 0 Å². The Morgan fingerprint density at radius 3 is 2.42 bits per heavy atom. The second kappa shape index (κ2) is 5.49.